The number of fused-ring (bicyclic) bond motifs is 1. The van der Waals surface area contributed by atoms with Gasteiger partial charge in [0.2, 0.25) is 0 Å². The molecule has 0 amide bonds. The Balaban J connectivity index is 1.80. The van der Waals surface area contributed by atoms with Gasteiger partial charge < -0.3 is 19.7 Å². The van der Waals surface area contributed by atoms with E-state index < -0.39 is 29.0 Å². The minimum Gasteiger partial charge on any atom is -0.386 e. The van der Waals surface area contributed by atoms with E-state index in [0.29, 0.717) is 29.8 Å². The molecule has 0 aromatic heterocycles. The van der Waals surface area contributed by atoms with E-state index in [2.05, 4.69) is 40.3 Å². The third-order valence-electron chi connectivity index (χ3n) is 9.13. The fourth-order valence-electron chi connectivity index (χ4n) is 7.32. The normalized spacial score (nSPS) is 50.8. The molecule has 4 nitrogen and oxygen atoms in total. The van der Waals surface area contributed by atoms with E-state index in [1.807, 2.05) is 20.8 Å². The first-order valence-corrected chi connectivity index (χ1v) is 11.4. The smallest absolute Gasteiger partial charge is 0.163 e. The number of hydrogen-bond acceptors (Lipinski definition) is 4. The molecule has 1 aliphatic heterocycles. The van der Waals surface area contributed by atoms with Crippen molar-refractivity contribution in [1.82, 2.24) is 0 Å². The molecule has 2 N–H and O–H groups in total. The zero-order chi connectivity index (χ0) is 21.6. The summed E-state index contributed by atoms with van der Waals surface area (Å²) in [6.07, 6.45) is 3.35. The first-order chi connectivity index (χ1) is 13.3. The van der Waals surface area contributed by atoms with Crippen molar-refractivity contribution in [3.63, 3.8) is 0 Å². The van der Waals surface area contributed by atoms with Crippen LogP contribution in [0.4, 0.5) is 0 Å². The third kappa shape index (κ3) is 2.71. The molecule has 4 heteroatoms. The van der Waals surface area contributed by atoms with E-state index in [4.69, 9.17) is 9.47 Å². The van der Waals surface area contributed by atoms with Gasteiger partial charge in [0, 0.05) is 11.3 Å². The predicted octanol–water partition coefficient (Wildman–Crippen LogP) is 4.46. The van der Waals surface area contributed by atoms with E-state index in [0.717, 1.165) is 30.4 Å². The van der Waals surface area contributed by atoms with Crippen molar-refractivity contribution in [2.45, 2.75) is 91.3 Å². The lowest BCUT2D eigenvalue weighted by Crippen LogP contribution is -2.67. The molecule has 0 radical (unpaired) electrons. The second kappa shape index (κ2) is 6.41. The largest absolute Gasteiger partial charge is 0.386 e. The van der Waals surface area contributed by atoms with Crippen LogP contribution in [0, 0.1) is 34.5 Å². The van der Waals surface area contributed by atoms with Crippen molar-refractivity contribution in [2.24, 2.45) is 34.5 Å². The van der Waals surface area contributed by atoms with E-state index in [9.17, 15) is 10.2 Å². The Bertz CT molecular complexity index is 737. The molecule has 3 fully saturated rings. The Morgan fingerprint density at radius 1 is 1.24 bits per heavy atom. The molecule has 7 unspecified atom stereocenters. The summed E-state index contributed by atoms with van der Waals surface area (Å²) in [5.74, 6) is 0.783. The minimum atomic E-state index is -1.43. The summed E-state index contributed by atoms with van der Waals surface area (Å²) in [4.78, 5) is 0. The number of aliphatic hydroxyl groups excluding tert-OH is 1. The number of aliphatic hydroxyl groups is 2. The van der Waals surface area contributed by atoms with Crippen LogP contribution in [-0.2, 0) is 9.47 Å². The fraction of sp³-hybridized carbons (Fsp3) is 0.840. The van der Waals surface area contributed by atoms with Crippen molar-refractivity contribution in [3.05, 3.63) is 23.8 Å². The molecule has 3 aliphatic carbocycles. The Hall–Kier alpha value is -0.680. The van der Waals surface area contributed by atoms with Gasteiger partial charge in [-0.2, -0.15) is 0 Å². The van der Waals surface area contributed by atoms with Crippen LogP contribution in [0.15, 0.2) is 23.8 Å². The quantitative estimate of drug-likeness (QED) is 0.667. The van der Waals surface area contributed by atoms with Gasteiger partial charge in [-0.1, -0.05) is 45.9 Å². The second-order valence-corrected chi connectivity index (χ2v) is 11.3. The first kappa shape index (κ1) is 21.5. The maximum absolute atomic E-state index is 12.5. The lowest BCUT2D eigenvalue weighted by atomic mass is 9.59. The summed E-state index contributed by atoms with van der Waals surface area (Å²) < 4.78 is 12.3. The minimum absolute atomic E-state index is 0.0242. The van der Waals surface area contributed by atoms with Gasteiger partial charge >= 0.3 is 0 Å². The average molecular weight is 405 g/mol. The molecule has 1 spiro atoms. The zero-order valence-electron chi connectivity index (χ0n) is 19.3. The Labute approximate surface area is 176 Å². The molecule has 8 atom stereocenters. The molecule has 1 heterocycles. The molecule has 4 aliphatic rings. The van der Waals surface area contributed by atoms with Crippen molar-refractivity contribution in [1.29, 1.82) is 0 Å². The molecule has 29 heavy (non-hydrogen) atoms. The van der Waals surface area contributed by atoms with Gasteiger partial charge in [-0.3, -0.25) is 0 Å². The molecule has 0 aromatic rings. The third-order valence-corrected chi connectivity index (χ3v) is 9.13. The van der Waals surface area contributed by atoms with Crippen LogP contribution in [0.2, 0.25) is 0 Å². The van der Waals surface area contributed by atoms with Crippen LogP contribution in [0.25, 0.3) is 0 Å². The Morgan fingerprint density at radius 3 is 2.52 bits per heavy atom. The fourth-order valence-corrected chi connectivity index (χ4v) is 7.32. The van der Waals surface area contributed by atoms with Crippen LogP contribution in [0.1, 0.15) is 67.7 Å². The summed E-state index contributed by atoms with van der Waals surface area (Å²) in [6.45, 7) is 19.9. The van der Waals surface area contributed by atoms with Crippen molar-refractivity contribution in [2.75, 3.05) is 6.61 Å². The molecular weight excluding hydrogens is 364 g/mol. The van der Waals surface area contributed by atoms with E-state index in [-0.39, 0.29) is 5.92 Å². The molecule has 1 saturated heterocycles. The summed E-state index contributed by atoms with van der Waals surface area (Å²) in [5.41, 5.74) is 0.146. The summed E-state index contributed by atoms with van der Waals surface area (Å²) in [7, 11) is 0. The maximum Gasteiger partial charge on any atom is 0.163 e. The zero-order valence-corrected chi connectivity index (χ0v) is 19.3. The number of rotatable bonds is 2. The van der Waals surface area contributed by atoms with Crippen molar-refractivity contribution in [3.8, 4) is 0 Å². The number of ether oxygens (including phenoxy) is 2. The molecule has 4 rings (SSSR count). The van der Waals surface area contributed by atoms with Crippen molar-refractivity contribution >= 4 is 0 Å². The average Bonchev–Trinajstić information content (AvgIpc) is 3.17. The highest BCUT2D eigenvalue weighted by molar-refractivity contribution is 5.43. The van der Waals surface area contributed by atoms with Gasteiger partial charge in [-0.05, 0) is 68.8 Å². The Kier molecular flexibility index (Phi) is 4.77. The van der Waals surface area contributed by atoms with Gasteiger partial charge in [0.15, 0.2) is 5.79 Å². The lowest BCUT2D eigenvalue weighted by Gasteiger charge is -2.55. The van der Waals surface area contributed by atoms with Crippen LogP contribution in [0.3, 0.4) is 0 Å². The highest BCUT2D eigenvalue weighted by Gasteiger charge is 2.71. The van der Waals surface area contributed by atoms with Gasteiger partial charge in [-0.15, -0.1) is 0 Å². The topological polar surface area (TPSA) is 58.9 Å². The molecule has 2 saturated carbocycles. The van der Waals surface area contributed by atoms with E-state index in [1.54, 1.807) is 0 Å². The molecular formula is C25H40O4. The standard InChI is InChI=1S/C25H40O4/c1-9-17-13-28-23(7,8)29-21(17)25(27)20(26)14(2)12-24(25)11-10-18-19(22(18,5)6)15(3)16(24)4/h12,15,17-21,26-27H,4,9-11,13H2,1-3,5-8H3/t15?,17?,18?,19-,20?,21?,24?,25?/m0/s1. The highest BCUT2D eigenvalue weighted by Crippen LogP contribution is 2.71. The van der Waals surface area contributed by atoms with Crippen molar-refractivity contribution < 1.29 is 19.7 Å². The first-order valence-electron chi connectivity index (χ1n) is 11.4. The van der Waals surface area contributed by atoms with Gasteiger partial charge in [-0.25, -0.2) is 0 Å². The number of hydrogen-bond donors (Lipinski definition) is 2. The molecule has 0 aromatic carbocycles. The van der Waals surface area contributed by atoms with Gasteiger partial charge in [0.05, 0.1) is 12.7 Å². The van der Waals surface area contributed by atoms with E-state index >= 15 is 0 Å². The highest BCUT2D eigenvalue weighted by atomic mass is 16.7. The van der Waals surface area contributed by atoms with Crippen LogP contribution in [-0.4, -0.2) is 40.4 Å². The predicted molar refractivity (Wildman–Crippen MR) is 114 cm³/mol. The van der Waals surface area contributed by atoms with Crippen LogP contribution < -0.4 is 0 Å². The van der Waals surface area contributed by atoms with Gasteiger partial charge in [0.25, 0.3) is 0 Å². The molecule has 164 valence electrons. The lowest BCUT2D eigenvalue weighted by molar-refractivity contribution is -0.341. The maximum atomic E-state index is 12.5. The summed E-state index contributed by atoms with van der Waals surface area (Å²) in [6, 6.07) is 0. The second-order valence-electron chi connectivity index (χ2n) is 11.3. The SMILES string of the molecule is C=C1C(C)[C@H]2C(CCC13C=C(C)C(O)C3(O)C1OC(C)(C)OCC1CC)C2(C)C. The molecule has 0 bridgehead atoms. The summed E-state index contributed by atoms with van der Waals surface area (Å²) in [5, 5.41) is 23.8. The van der Waals surface area contributed by atoms with E-state index in [1.165, 1.54) is 0 Å². The monoisotopic (exact) mass is 404 g/mol. The summed E-state index contributed by atoms with van der Waals surface area (Å²) >= 11 is 0. The van der Waals surface area contributed by atoms with Gasteiger partial charge in [0.1, 0.15) is 11.7 Å². The Morgan fingerprint density at radius 2 is 1.90 bits per heavy atom. The van der Waals surface area contributed by atoms with Crippen LogP contribution >= 0.6 is 0 Å². The van der Waals surface area contributed by atoms with Crippen LogP contribution in [0.5, 0.6) is 0 Å².